The summed E-state index contributed by atoms with van der Waals surface area (Å²) in [5.74, 6) is -0.175. The van der Waals surface area contributed by atoms with E-state index in [1.807, 2.05) is 25.1 Å². The molecule has 1 N–H and O–H groups in total. The Morgan fingerprint density at radius 2 is 2.10 bits per heavy atom. The molecule has 0 spiro atoms. The summed E-state index contributed by atoms with van der Waals surface area (Å²) in [7, 11) is 0. The number of nitrogens with one attached hydrogen (secondary N) is 1. The monoisotopic (exact) mass is 307 g/mol. The second-order valence-electron chi connectivity index (χ2n) is 4.46. The van der Waals surface area contributed by atoms with E-state index < -0.39 is 5.82 Å². The second kappa shape index (κ2) is 7.09. The normalized spacial score (nSPS) is 10.2. The Hall–Kier alpha value is -2.07. The first-order valence-electron chi connectivity index (χ1n) is 6.55. The zero-order chi connectivity index (χ0) is 15.2. The third kappa shape index (κ3) is 4.46. The maximum atomic E-state index is 12.9. The van der Waals surface area contributed by atoms with E-state index in [2.05, 4.69) is 5.32 Å². The topological polar surface area (TPSA) is 38.3 Å². The minimum atomic E-state index is -0.453. The molecule has 0 aliphatic carbocycles. The molecule has 110 valence electrons. The van der Waals surface area contributed by atoms with Gasteiger partial charge in [-0.25, -0.2) is 4.39 Å². The van der Waals surface area contributed by atoms with Gasteiger partial charge in [-0.3, -0.25) is 4.79 Å². The summed E-state index contributed by atoms with van der Waals surface area (Å²) in [5.41, 5.74) is 1.49. The average Bonchev–Trinajstić information content (AvgIpc) is 2.48. The van der Waals surface area contributed by atoms with E-state index in [1.54, 1.807) is 6.07 Å². The maximum absolute atomic E-state index is 12.9. The van der Waals surface area contributed by atoms with Crippen molar-refractivity contribution in [1.82, 2.24) is 0 Å². The number of hydrogen-bond donors (Lipinski definition) is 1. The molecule has 0 saturated carbocycles. The highest BCUT2D eigenvalue weighted by Crippen LogP contribution is 2.22. The number of amides is 1. The molecule has 0 aliphatic heterocycles. The molecule has 0 saturated heterocycles. The number of hydrogen-bond acceptors (Lipinski definition) is 2. The van der Waals surface area contributed by atoms with Gasteiger partial charge in [-0.15, -0.1) is 0 Å². The Labute approximate surface area is 127 Å². The van der Waals surface area contributed by atoms with Gasteiger partial charge in [-0.05, 0) is 42.3 Å². The number of aryl methyl sites for hydroxylation is 1. The first-order valence-corrected chi connectivity index (χ1v) is 6.93. The van der Waals surface area contributed by atoms with Crippen molar-refractivity contribution in [2.75, 3.05) is 11.9 Å². The lowest BCUT2D eigenvalue weighted by atomic mass is 10.2. The van der Waals surface area contributed by atoms with Crippen LogP contribution in [0.15, 0.2) is 42.5 Å². The predicted octanol–water partition coefficient (Wildman–Crippen LogP) is 4.06. The fraction of sp³-hybridized carbons (Fsp3) is 0.188. The van der Waals surface area contributed by atoms with Crippen LogP contribution in [0.25, 0.3) is 0 Å². The summed E-state index contributed by atoms with van der Waals surface area (Å²) in [6.45, 7) is 1.91. The van der Waals surface area contributed by atoms with Gasteiger partial charge in [-0.2, -0.15) is 0 Å². The third-order valence-corrected chi connectivity index (χ3v) is 3.19. The highest BCUT2D eigenvalue weighted by atomic mass is 35.5. The van der Waals surface area contributed by atoms with Crippen molar-refractivity contribution in [2.45, 2.75) is 13.3 Å². The van der Waals surface area contributed by atoms with Crippen LogP contribution in [0.3, 0.4) is 0 Å². The van der Waals surface area contributed by atoms with Gasteiger partial charge in [0, 0.05) is 0 Å². The van der Waals surface area contributed by atoms with Gasteiger partial charge in [0.1, 0.15) is 11.6 Å². The van der Waals surface area contributed by atoms with Crippen molar-refractivity contribution >= 4 is 23.2 Å². The molecular weight excluding hydrogens is 293 g/mol. The molecule has 2 aromatic carbocycles. The average molecular weight is 308 g/mol. The summed E-state index contributed by atoms with van der Waals surface area (Å²) < 4.78 is 18.3. The van der Waals surface area contributed by atoms with Gasteiger partial charge in [0.25, 0.3) is 5.91 Å². The van der Waals surface area contributed by atoms with Crippen LogP contribution in [0.1, 0.15) is 12.5 Å². The van der Waals surface area contributed by atoms with Crippen molar-refractivity contribution in [3.63, 3.8) is 0 Å². The van der Waals surface area contributed by atoms with Crippen LogP contribution in [-0.4, -0.2) is 12.5 Å². The Bertz CT molecular complexity index is 646. The van der Waals surface area contributed by atoms with Crippen molar-refractivity contribution in [1.29, 1.82) is 0 Å². The number of benzene rings is 2. The van der Waals surface area contributed by atoms with Gasteiger partial charge in [0.05, 0.1) is 10.7 Å². The lowest BCUT2D eigenvalue weighted by Gasteiger charge is -2.09. The Kier molecular flexibility index (Phi) is 5.17. The minimum absolute atomic E-state index is 0.138. The van der Waals surface area contributed by atoms with Crippen molar-refractivity contribution in [3.05, 3.63) is 58.9 Å². The lowest BCUT2D eigenvalue weighted by molar-refractivity contribution is -0.118. The first-order chi connectivity index (χ1) is 10.1. The molecule has 2 rings (SSSR count). The van der Waals surface area contributed by atoms with E-state index in [1.165, 1.54) is 12.1 Å². The molecule has 0 radical (unpaired) electrons. The smallest absolute Gasteiger partial charge is 0.262 e. The van der Waals surface area contributed by atoms with E-state index in [0.717, 1.165) is 18.1 Å². The van der Waals surface area contributed by atoms with Crippen LogP contribution < -0.4 is 10.1 Å². The molecule has 0 fully saturated rings. The highest BCUT2D eigenvalue weighted by molar-refractivity contribution is 6.33. The molecule has 0 atom stereocenters. The fourth-order valence-corrected chi connectivity index (χ4v) is 2.00. The van der Waals surface area contributed by atoms with Crippen LogP contribution in [0.4, 0.5) is 10.1 Å². The molecular formula is C16H15ClFNO2. The van der Waals surface area contributed by atoms with Gasteiger partial charge in [-0.1, -0.05) is 30.7 Å². The standard InChI is InChI=1S/C16H15ClFNO2/c1-2-11-4-3-5-13(8-11)21-10-16(20)19-15-7-6-12(18)9-14(15)17/h3-9H,2,10H2,1H3,(H,19,20). The molecule has 0 bridgehead atoms. The Morgan fingerprint density at radius 1 is 1.29 bits per heavy atom. The van der Waals surface area contributed by atoms with Crippen LogP contribution >= 0.6 is 11.6 Å². The number of anilines is 1. The molecule has 0 heterocycles. The van der Waals surface area contributed by atoms with Gasteiger partial charge in [0.15, 0.2) is 6.61 Å². The van der Waals surface area contributed by atoms with E-state index in [4.69, 9.17) is 16.3 Å². The largest absolute Gasteiger partial charge is 0.484 e. The number of ether oxygens (including phenoxy) is 1. The molecule has 1 amide bonds. The van der Waals surface area contributed by atoms with Crippen LogP contribution in [0, 0.1) is 5.82 Å². The molecule has 0 aliphatic rings. The van der Waals surface area contributed by atoms with E-state index in [9.17, 15) is 9.18 Å². The van der Waals surface area contributed by atoms with Crippen LogP contribution in [0.2, 0.25) is 5.02 Å². The Morgan fingerprint density at radius 3 is 2.81 bits per heavy atom. The summed E-state index contributed by atoms with van der Waals surface area (Å²) >= 11 is 5.83. The molecule has 0 aromatic heterocycles. The third-order valence-electron chi connectivity index (χ3n) is 2.88. The van der Waals surface area contributed by atoms with Gasteiger partial charge >= 0.3 is 0 Å². The van der Waals surface area contributed by atoms with E-state index in [0.29, 0.717) is 11.4 Å². The quantitative estimate of drug-likeness (QED) is 0.904. The molecule has 5 heteroatoms. The SMILES string of the molecule is CCc1cccc(OCC(=O)Nc2ccc(F)cc2Cl)c1. The van der Waals surface area contributed by atoms with E-state index >= 15 is 0 Å². The van der Waals surface area contributed by atoms with E-state index in [-0.39, 0.29) is 17.5 Å². The molecule has 0 unspecified atom stereocenters. The predicted molar refractivity (Wildman–Crippen MR) is 81.4 cm³/mol. The van der Waals surface area contributed by atoms with Gasteiger partial charge < -0.3 is 10.1 Å². The molecule has 2 aromatic rings. The fourth-order valence-electron chi connectivity index (χ4n) is 1.78. The number of carbonyl (C=O) groups is 1. The summed E-state index contributed by atoms with van der Waals surface area (Å²) in [4.78, 5) is 11.8. The minimum Gasteiger partial charge on any atom is -0.484 e. The summed E-state index contributed by atoms with van der Waals surface area (Å²) in [6, 6.07) is 11.3. The van der Waals surface area contributed by atoms with Crippen molar-refractivity contribution in [2.24, 2.45) is 0 Å². The second-order valence-corrected chi connectivity index (χ2v) is 4.87. The number of halogens is 2. The zero-order valence-corrected chi connectivity index (χ0v) is 12.3. The first kappa shape index (κ1) is 15.3. The molecule has 21 heavy (non-hydrogen) atoms. The van der Waals surface area contributed by atoms with Gasteiger partial charge in [0.2, 0.25) is 0 Å². The summed E-state index contributed by atoms with van der Waals surface area (Å²) in [6.07, 6.45) is 0.897. The number of carbonyl (C=O) groups excluding carboxylic acids is 1. The van der Waals surface area contributed by atoms with Crippen LogP contribution in [0.5, 0.6) is 5.75 Å². The maximum Gasteiger partial charge on any atom is 0.262 e. The van der Waals surface area contributed by atoms with Crippen molar-refractivity contribution < 1.29 is 13.9 Å². The Balaban J connectivity index is 1.92. The lowest BCUT2D eigenvalue weighted by Crippen LogP contribution is -2.20. The number of rotatable bonds is 5. The highest BCUT2D eigenvalue weighted by Gasteiger charge is 2.07. The van der Waals surface area contributed by atoms with Crippen molar-refractivity contribution in [3.8, 4) is 5.75 Å². The zero-order valence-electron chi connectivity index (χ0n) is 11.5. The summed E-state index contributed by atoms with van der Waals surface area (Å²) in [5, 5.41) is 2.72. The van der Waals surface area contributed by atoms with Crippen LogP contribution in [-0.2, 0) is 11.2 Å². The molecule has 3 nitrogen and oxygen atoms in total.